The minimum atomic E-state index is -0.281. The second-order valence-electron chi connectivity index (χ2n) is 9.81. The summed E-state index contributed by atoms with van der Waals surface area (Å²) in [6, 6.07) is 6.50. The van der Waals surface area contributed by atoms with Crippen molar-refractivity contribution in [3.8, 4) is 0 Å². The summed E-state index contributed by atoms with van der Waals surface area (Å²) in [5.74, 6) is 1.79. The van der Waals surface area contributed by atoms with Crippen molar-refractivity contribution in [3.05, 3.63) is 47.5 Å². The number of amides is 1. The van der Waals surface area contributed by atoms with E-state index in [1.54, 1.807) is 23.5 Å². The molecule has 36 heavy (non-hydrogen) atoms. The number of likely N-dealkylation sites (N-methyl/N-ethyl adjacent to an activating group) is 1. The smallest absolute Gasteiger partial charge is 0.230 e. The number of carbonyl (C=O) groups excluding carboxylic acids is 1. The van der Waals surface area contributed by atoms with E-state index < -0.39 is 0 Å². The van der Waals surface area contributed by atoms with Crippen molar-refractivity contribution in [3.63, 3.8) is 0 Å². The van der Waals surface area contributed by atoms with Crippen LogP contribution in [0.1, 0.15) is 44.1 Å². The van der Waals surface area contributed by atoms with Gasteiger partial charge in [-0.05, 0) is 56.7 Å². The first kappa shape index (κ1) is 24.6. The Kier molecular flexibility index (Phi) is 7.48. The Morgan fingerprint density at radius 3 is 2.58 bits per heavy atom. The molecule has 3 aromatic rings. The van der Waals surface area contributed by atoms with E-state index in [9.17, 15) is 4.79 Å². The van der Waals surface area contributed by atoms with Crippen molar-refractivity contribution >= 4 is 40.2 Å². The lowest BCUT2D eigenvalue weighted by Crippen LogP contribution is -2.50. The van der Waals surface area contributed by atoms with Crippen LogP contribution in [0, 0.1) is 5.92 Å². The van der Waals surface area contributed by atoms with Gasteiger partial charge in [0.2, 0.25) is 11.9 Å². The molecule has 1 aliphatic carbocycles. The molecule has 1 saturated carbocycles. The number of nitrogens with one attached hydrogen (secondary N) is 2. The van der Waals surface area contributed by atoms with Crippen LogP contribution in [0.25, 0.3) is 10.9 Å². The van der Waals surface area contributed by atoms with Gasteiger partial charge in [0.25, 0.3) is 0 Å². The van der Waals surface area contributed by atoms with Crippen LogP contribution in [0.4, 0.5) is 11.8 Å². The Morgan fingerprint density at radius 2 is 1.89 bits per heavy atom. The highest BCUT2D eigenvalue weighted by Crippen LogP contribution is 2.28. The first-order valence-electron chi connectivity index (χ1n) is 12.6. The van der Waals surface area contributed by atoms with E-state index in [0.717, 1.165) is 54.5 Å². The van der Waals surface area contributed by atoms with Crippen LogP contribution in [0.15, 0.2) is 36.8 Å². The highest BCUT2D eigenvalue weighted by atomic mass is 35.5. The van der Waals surface area contributed by atoms with Gasteiger partial charge in [-0.3, -0.25) is 4.79 Å². The number of ether oxygens (including phenoxy) is 1. The fourth-order valence-electron chi connectivity index (χ4n) is 4.78. The zero-order valence-electron chi connectivity index (χ0n) is 20.7. The van der Waals surface area contributed by atoms with Gasteiger partial charge in [0.15, 0.2) is 5.15 Å². The van der Waals surface area contributed by atoms with Crippen LogP contribution in [-0.2, 0) is 9.53 Å². The minimum Gasteiger partial charge on any atom is -0.377 e. The summed E-state index contributed by atoms with van der Waals surface area (Å²) in [5.41, 5.74) is 1.55. The van der Waals surface area contributed by atoms with E-state index in [1.807, 2.05) is 32.2 Å². The lowest BCUT2D eigenvalue weighted by molar-refractivity contribution is -0.142. The van der Waals surface area contributed by atoms with Gasteiger partial charge < -0.3 is 20.3 Å². The summed E-state index contributed by atoms with van der Waals surface area (Å²) in [7, 11) is 1.83. The van der Waals surface area contributed by atoms with Crippen molar-refractivity contribution < 1.29 is 9.53 Å². The number of hydrogen-bond acceptors (Lipinski definition) is 8. The summed E-state index contributed by atoms with van der Waals surface area (Å²) in [6.45, 7) is 3.95. The van der Waals surface area contributed by atoms with Crippen molar-refractivity contribution in [2.45, 2.75) is 50.6 Å². The van der Waals surface area contributed by atoms with Crippen LogP contribution < -0.4 is 10.6 Å². The van der Waals surface area contributed by atoms with E-state index in [1.165, 1.54) is 0 Å². The normalized spacial score (nSPS) is 21.0. The fourth-order valence-corrected chi connectivity index (χ4v) is 4.99. The van der Waals surface area contributed by atoms with E-state index in [2.05, 4.69) is 30.6 Å². The summed E-state index contributed by atoms with van der Waals surface area (Å²) in [5, 5.41) is 8.35. The molecule has 0 unspecified atom stereocenters. The van der Waals surface area contributed by atoms with E-state index in [0.29, 0.717) is 36.3 Å². The lowest BCUT2D eigenvalue weighted by Gasteiger charge is -2.35. The Morgan fingerprint density at radius 1 is 1.14 bits per heavy atom. The number of fused-ring (bicyclic) bond motifs is 1. The molecule has 0 bridgehead atoms. The third-order valence-electron chi connectivity index (χ3n) is 7.37. The number of rotatable bonds is 8. The second kappa shape index (κ2) is 10.9. The van der Waals surface area contributed by atoms with Crippen molar-refractivity contribution in [1.82, 2.24) is 24.8 Å². The quantitative estimate of drug-likeness (QED) is 0.437. The molecule has 2 N–H and O–H groups in total. The topological polar surface area (TPSA) is 105 Å². The Bertz CT molecular complexity index is 1200. The zero-order valence-corrected chi connectivity index (χ0v) is 21.4. The maximum absolute atomic E-state index is 12.7. The number of carbonyl (C=O) groups is 1. The molecule has 3 aromatic heterocycles. The molecule has 1 aliphatic heterocycles. The molecule has 9 nitrogen and oxygen atoms in total. The molecular formula is C26H32ClN7O2. The minimum absolute atomic E-state index is 0.0663. The van der Waals surface area contributed by atoms with E-state index in [-0.39, 0.29) is 17.9 Å². The van der Waals surface area contributed by atoms with Gasteiger partial charge in [-0.2, -0.15) is 0 Å². The number of halogens is 1. The molecule has 0 radical (unpaired) electrons. The van der Waals surface area contributed by atoms with Crippen molar-refractivity contribution in [2.24, 2.45) is 5.92 Å². The molecule has 1 saturated heterocycles. The molecular weight excluding hydrogens is 478 g/mol. The maximum atomic E-state index is 12.7. The van der Waals surface area contributed by atoms with Gasteiger partial charge in [0.05, 0.1) is 25.2 Å². The van der Waals surface area contributed by atoms with Gasteiger partial charge in [0, 0.05) is 49.2 Å². The first-order valence-corrected chi connectivity index (χ1v) is 12.9. The van der Waals surface area contributed by atoms with Crippen LogP contribution in [0.2, 0.25) is 5.15 Å². The summed E-state index contributed by atoms with van der Waals surface area (Å²) >= 11 is 6.21. The third kappa shape index (κ3) is 5.52. The highest BCUT2D eigenvalue weighted by molar-refractivity contribution is 6.33. The van der Waals surface area contributed by atoms with Gasteiger partial charge in [0.1, 0.15) is 11.3 Å². The van der Waals surface area contributed by atoms with Crippen LogP contribution >= 0.6 is 11.6 Å². The predicted octanol–water partition coefficient (Wildman–Crippen LogP) is 4.12. The monoisotopic (exact) mass is 509 g/mol. The molecule has 4 heterocycles. The molecule has 190 valence electrons. The number of anilines is 2. The van der Waals surface area contributed by atoms with Crippen LogP contribution in [0.3, 0.4) is 0 Å². The van der Waals surface area contributed by atoms with Crippen molar-refractivity contribution in [1.29, 1.82) is 0 Å². The number of aromatic nitrogens is 4. The lowest BCUT2D eigenvalue weighted by atomic mass is 9.86. The average molecular weight is 510 g/mol. The van der Waals surface area contributed by atoms with Gasteiger partial charge in [-0.15, -0.1) is 0 Å². The largest absolute Gasteiger partial charge is 0.377 e. The second-order valence-corrected chi connectivity index (χ2v) is 10.2. The average Bonchev–Trinajstić information content (AvgIpc) is 2.87. The number of hydrogen-bond donors (Lipinski definition) is 2. The molecule has 0 spiro atoms. The van der Waals surface area contributed by atoms with Crippen LogP contribution in [-0.4, -0.2) is 69.6 Å². The van der Waals surface area contributed by atoms with Gasteiger partial charge in [-0.1, -0.05) is 11.6 Å². The molecule has 2 fully saturated rings. The Hall–Kier alpha value is -3.04. The molecule has 10 heteroatoms. The van der Waals surface area contributed by atoms with Gasteiger partial charge in [-0.25, -0.2) is 19.9 Å². The first-order chi connectivity index (χ1) is 17.5. The summed E-state index contributed by atoms with van der Waals surface area (Å²) in [6.07, 6.45) is 9.58. The third-order valence-corrected chi connectivity index (χ3v) is 7.65. The maximum Gasteiger partial charge on any atom is 0.230 e. The standard InChI is InChI=1S/C26H32ClN7O2/c1-16(25(35)34(2)21-14-36-15-21)19-12-30-26(31-13-19)29-11-17-3-6-20(7-4-17)32-22-8-5-18-9-10-28-24(27)23(18)33-22/h5,8-10,12-13,16-17,20-21H,3-4,6-7,11,14-15H2,1-2H3,(H,32,33)(H,29,30,31)/t16-,17?,20?/m0/s1. The highest BCUT2D eigenvalue weighted by Gasteiger charge is 2.30. The van der Waals surface area contributed by atoms with Gasteiger partial charge >= 0.3 is 0 Å². The number of nitrogens with zero attached hydrogens (tertiary/aromatic N) is 5. The molecule has 2 aliphatic rings. The molecule has 1 amide bonds. The Labute approximate surface area is 216 Å². The summed E-state index contributed by atoms with van der Waals surface area (Å²) in [4.78, 5) is 32.2. The van der Waals surface area contributed by atoms with Crippen LogP contribution in [0.5, 0.6) is 0 Å². The Balaban J connectivity index is 1.07. The molecule has 0 aromatic carbocycles. The molecule has 1 atom stereocenters. The zero-order chi connectivity index (χ0) is 25.1. The van der Waals surface area contributed by atoms with E-state index in [4.69, 9.17) is 16.3 Å². The van der Waals surface area contributed by atoms with E-state index >= 15 is 0 Å². The SMILES string of the molecule is C[C@H](C(=O)N(C)C1COC1)c1cnc(NCC2CCC(Nc3ccc4ccnc(Cl)c4n3)CC2)nc1. The predicted molar refractivity (Wildman–Crippen MR) is 140 cm³/mol. The summed E-state index contributed by atoms with van der Waals surface area (Å²) < 4.78 is 5.20. The number of pyridine rings is 2. The molecule has 5 rings (SSSR count). The van der Waals surface area contributed by atoms with Crippen molar-refractivity contribution in [2.75, 3.05) is 37.4 Å². The fraction of sp³-hybridized carbons (Fsp3) is 0.500.